The Morgan fingerprint density at radius 1 is 1.47 bits per heavy atom. The Morgan fingerprint density at radius 2 is 2.32 bits per heavy atom. The first-order valence-corrected chi connectivity index (χ1v) is 6.02. The zero-order chi connectivity index (χ0) is 13.7. The average Bonchev–Trinajstić information content (AvgIpc) is 2.92. The second kappa shape index (κ2) is 6.14. The normalized spacial score (nSPS) is 10.2. The first kappa shape index (κ1) is 13.3. The molecule has 19 heavy (non-hydrogen) atoms. The molecule has 2 aromatic rings. The molecule has 0 spiro atoms. The van der Waals surface area contributed by atoms with Gasteiger partial charge in [-0.05, 0) is 19.1 Å². The Balaban J connectivity index is 2.07. The summed E-state index contributed by atoms with van der Waals surface area (Å²) in [6.07, 6.45) is 1.19. The smallest absolute Gasteiger partial charge is 0.271 e. The quantitative estimate of drug-likeness (QED) is 0.862. The molecule has 2 heterocycles. The number of halogens is 1. The topological polar surface area (TPSA) is 92.9 Å². The molecule has 0 bridgehead atoms. The highest BCUT2D eigenvalue weighted by atomic mass is 35.5. The second-order valence-corrected chi connectivity index (χ2v) is 3.99. The molecule has 2 aromatic heterocycles. The molecule has 0 fully saturated rings. The standard InChI is InChI=1S/C11H12ClN5O2/c1-2-13-8-4-3-7(12)10(16-8)11(18)14-5-9-15-6-19-17-9/h3-4,6H,2,5H2,1H3,(H,13,16)(H,14,18). The lowest BCUT2D eigenvalue weighted by molar-refractivity contribution is 0.0945. The van der Waals surface area contributed by atoms with Crippen LogP contribution >= 0.6 is 11.6 Å². The number of nitrogens with zero attached hydrogens (tertiary/aromatic N) is 3. The summed E-state index contributed by atoms with van der Waals surface area (Å²) < 4.78 is 4.56. The predicted molar refractivity (Wildman–Crippen MR) is 68.9 cm³/mol. The van der Waals surface area contributed by atoms with E-state index in [1.165, 1.54) is 6.39 Å². The summed E-state index contributed by atoms with van der Waals surface area (Å²) in [6.45, 7) is 2.80. The minimum atomic E-state index is -0.394. The molecule has 0 unspecified atom stereocenters. The molecule has 100 valence electrons. The molecule has 1 amide bonds. The van der Waals surface area contributed by atoms with E-state index in [0.29, 0.717) is 18.2 Å². The van der Waals surface area contributed by atoms with E-state index >= 15 is 0 Å². The van der Waals surface area contributed by atoms with Crippen LogP contribution in [0.4, 0.5) is 5.82 Å². The summed E-state index contributed by atoms with van der Waals surface area (Å²) in [7, 11) is 0. The molecule has 0 radical (unpaired) electrons. The van der Waals surface area contributed by atoms with Gasteiger partial charge in [-0.1, -0.05) is 16.8 Å². The van der Waals surface area contributed by atoms with Crippen LogP contribution in [0.15, 0.2) is 23.0 Å². The summed E-state index contributed by atoms with van der Waals surface area (Å²) in [5.41, 5.74) is 0.156. The van der Waals surface area contributed by atoms with E-state index < -0.39 is 5.91 Å². The first-order chi connectivity index (χ1) is 9.20. The Labute approximate surface area is 114 Å². The fraction of sp³-hybridized carbons (Fsp3) is 0.273. The van der Waals surface area contributed by atoms with E-state index in [1.54, 1.807) is 12.1 Å². The van der Waals surface area contributed by atoms with Gasteiger partial charge in [-0.15, -0.1) is 0 Å². The highest BCUT2D eigenvalue weighted by molar-refractivity contribution is 6.33. The lowest BCUT2D eigenvalue weighted by atomic mass is 10.3. The minimum absolute atomic E-state index is 0.152. The van der Waals surface area contributed by atoms with Crippen LogP contribution < -0.4 is 10.6 Å². The van der Waals surface area contributed by atoms with Crippen molar-refractivity contribution >= 4 is 23.3 Å². The first-order valence-electron chi connectivity index (χ1n) is 5.64. The number of nitrogens with one attached hydrogen (secondary N) is 2. The summed E-state index contributed by atoms with van der Waals surface area (Å²) in [5, 5.41) is 9.49. The van der Waals surface area contributed by atoms with Gasteiger partial charge in [0.25, 0.3) is 5.91 Å². The monoisotopic (exact) mass is 281 g/mol. The molecule has 0 aliphatic rings. The van der Waals surface area contributed by atoms with Gasteiger partial charge in [0.2, 0.25) is 6.39 Å². The van der Waals surface area contributed by atoms with E-state index in [0.717, 1.165) is 0 Å². The molecule has 2 N–H and O–H groups in total. The van der Waals surface area contributed by atoms with Crippen LogP contribution in [-0.4, -0.2) is 27.6 Å². The van der Waals surface area contributed by atoms with Crippen LogP contribution in [0.2, 0.25) is 5.02 Å². The number of amides is 1. The molecule has 7 nitrogen and oxygen atoms in total. The summed E-state index contributed by atoms with van der Waals surface area (Å²) in [6, 6.07) is 3.33. The third kappa shape index (κ3) is 3.41. The van der Waals surface area contributed by atoms with Gasteiger partial charge < -0.3 is 15.2 Å². The van der Waals surface area contributed by atoms with Gasteiger partial charge >= 0.3 is 0 Å². The zero-order valence-corrected chi connectivity index (χ0v) is 10.9. The van der Waals surface area contributed by atoms with Crippen molar-refractivity contribution in [1.29, 1.82) is 0 Å². The van der Waals surface area contributed by atoms with Crippen LogP contribution in [-0.2, 0) is 6.54 Å². The van der Waals surface area contributed by atoms with E-state index in [4.69, 9.17) is 11.6 Å². The number of pyridine rings is 1. The fourth-order valence-electron chi connectivity index (χ4n) is 1.39. The number of hydrogen-bond donors (Lipinski definition) is 2. The van der Waals surface area contributed by atoms with Crippen molar-refractivity contribution in [1.82, 2.24) is 20.4 Å². The van der Waals surface area contributed by atoms with Gasteiger partial charge in [0.05, 0.1) is 11.6 Å². The van der Waals surface area contributed by atoms with Crippen LogP contribution in [0.1, 0.15) is 23.2 Å². The van der Waals surface area contributed by atoms with Crippen molar-refractivity contribution < 1.29 is 9.32 Å². The second-order valence-electron chi connectivity index (χ2n) is 3.59. The van der Waals surface area contributed by atoms with E-state index in [2.05, 4.69) is 30.3 Å². The van der Waals surface area contributed by atoms with Crippen molar-refractivity contribution in [3.8, 4) is 0 Å². The number of aromatic nitrogens is 3. The molecule has 2 rings (SSSR count). The molecular weight excluding hydrogens is 270 g/mol. The number of hydrogen-bond acceptors (Lipinski definition) is 6. The van der Waals surface area contributed by atoms with Crippen molar-refractivity contribution in [2.45, 2.75) is 13.5 Å². The SMILES string of the molecule is CCNc1ccc(Cl)c(C(=O)NCc2ncon2)n1. The highest BCUT2D eigenvalue weighted by Crippen LogP contribution is 2.16. The largest absolute Gasteiger partial charge is 0.370 e. The number of rotatable bonds is 5. The zero-order valence-electron chi connectivity index (χ0n) is 10.2. The molecule has 0 saturated carbocycles. The van der Waals surface area contributed by atoms with Crippen molar-refractivity contribution in [2.75, 3.05) is 11.9 Å². The van der Waals surface area contributed by atoms with E-state index in [-0.39, 0.29) is 17.3 Å². The molecule has 0 saturated heterocycles. The Morgan fingerprint density at radius 3 is 3.00 bits per heavy atom. The maximum absolute atomic E-state index is 11.9. The average molecular weight is 282 g/mol. The number of carbonyl (C=O) groups excluding carboxylic acids is 1. The molecule has 0 aliphatic carbocycles. The minimum Gasteiger partial charge on any atom is -0.370 e. The van der Waals surface area contributed by atoms with Gasteiger partial charge in [0.1, 0.15) is 11.5 Å². The molecular formula is C11H12ClN5O2. The predicted octanol–water partition coefficient (Wildman–Crippen LogP) is 1.48. The maximum atomic E-state index is 11.9. The van der Waals surface area contributed by atoms with Crippen LogP contribution in [0.3, 0.4) is 0 Å². The van der Waals surface area contributed by atoms with Crippen LogP contribution in [0, 0.1) is 0 Å². The number of carbonyl (C=O) groups is 1. The van der Waals surface area contributed by atoms with Crippen LogP contribution in [0.5, 0.6) is 0 Å². The van der Waals surface area contributed by atoms with Crippen molar-refractivity contribution in [3.05, 3.63) is 35.1 Å². The van der Waals surface area contributed by atoms with Gasteiger partial charge in [0.15, 0.2) is 5.82 Å². The van der Waals surface area contributed by atoms with Crippen molar-refractivity contribution in [2.24, 2.45) is 0 Å². The van der Waals surface area contributed by atoms with E-state index in [1.807, 2.05) is 6.92 Å². The van der Waals surface area contributed by atoms with Crippen LogP contribution in [0.25, 0.3) is 0 Å². The molecule has 0 aromatic carbocycles. The fourth-order valence-corrected chi connectivity index (χ4v) is 1.59. The summed E-state index contributed by atoms with van der Waals surface area (Å²) in [4.78, 5) is 19.9. The lowest BCUT2D eigenvalue weighted by Gasteiger charge is -2.07. The third-order valence-electron chi connectivity index (χ3n) is 2.23. The maximum Gasteiger partial charge on any atom is 0.271 e. The Bertz CT molecular complexity index is 558. The Kier molecular flexibility index (Phi) is 4.30. The molecule has 8 heteroatoms. The molecule has 0 aliphatic heterocycles. The molecule has 0 atom stereocenters. The van der Waals surface area contributed by atoms with Gasteiger partial charge in [-0.2, -0.15) is 4.98 Å². The summed E-state index contributed by atoms with van der Waals surface area (Å²) in [5.74, 6) is 0.582. The van der Waals surface area contributed by atoms with Crippen molar-refractivity contribution in [3.63, 3.8) is 0 Å². The highest BCUT2D eigenvalue weighted by Gasteiger charge is 2.13. The summed E-state index contributed by atoms with van der Waals surface area (Å²) >= 11 is 5.95. The van der Waals surface area contributed by atoms with Gasteiger partial charge in [-0.25, -0.2) is 4.98 Å². The number of anilines is 1. The van der Waals surface area contributed by atoms with Gasteiger partial charge in [0, 0.05) is 6.54 Å². The Hall–Kier alpha value is -2.15. The third-order valence-corrected chi connectivity index (χ3v) is 2.54. The lowest BCUT2D eigenvalue weighted by Crippen LogP contribution is -2.25. The van der Waals surface area contributed by atoms with Gasteiger partial charge in [-0.3, -0.25) is 4.79 Å². The van der Waals surface area contributed by atoms with E-state index in [9.17, 15) is 4.79 Å².